The summed E-state index contributed by atoms with van der Waals surface area (Å²) in [5.41, 5.74) is 0. The van der Waals surface area contributed by atoms with Gasteiger partial charge in [-0.15, -0.1) is 0 Å². The fourth-order valence-corrected chi connectivity index (χ4v) is 17.5. The summed E-state index contributed by atoms with van der Waals surface area (Å²) in [5, 5.41) is 11.0. The number of aliphatic carboxylic acids is 1. The Morgan fingerprint density at radius 3 is 1.47 bits per heavy atom. The molecule has 3 heteroatoms. The molecule has 0 aromatic heterocycles. The van der Waals surface area contributed by atoms with Crippen LogP contribution in [0.4, 0.5) is 0 Å². The first-order valence-electron chi connectivity index (χ1n) is 7.30. The van der Waals surface area contributed by atoms with Crippen LogP contribution in [0.3, 0.4) is 0 Å². The average molecular weight is 348 g/mol. The van der Waals surface area contributed by atoms with E-state index >= 15 is 0 Å². The maximum atomic E-state index is 11.0. The third kappa shape index (κ3) is 8.06. The molecule has 102 valence electrons. The number of carbonyl (C=O) groups is 1. The molecule has 0 aliphatic heterocycles. The number of carboxylic acid groups (broad SMARTS) is 1. The molecule has 0 rings (SSSR count). The van der Waals surface area contributed by atoms with Crippen LogP contribution in [0.1, 0.15) is 59.3 Å². The van der Waals surface area contributed by atoms with Crippen LogP contribution in [0.2, 0.25) is 17.7 Å². The molecule has 0 atom stereocenters. The number of carboxylic acids is 1. The Hall–Kier alpha value is 0.269. The van der Waals surface area contributed by atoms with Crippen LogP contribution >= 0.6 is 0 Å². The van der Waals surface area contributed by atoms with Crippen molar-refractivity contribution in [2.24, 2.45) is 0 Å². The molecule has 0 aliphatic rings. The zero-order valence-corrected chi connectivity index (χ0v) is 14.7. The first kappa shape index (κ1) is 17.3. The molecule has 2 nitrogen and oxygen atoms in total. The Balaban J connectivity index is 4.56. The predicted octanol–water partition coefficient (Wildman–Crippen LogP) is 3.59. The zero-order valence-electron chi connectivity index (χ0n) is 11.9. The zero-order chi connectivity index (χ0) is 13.1. The molecule has 0 spiro atoms. The van der Waals surface area contributed by atoms with Crippen molar-refractivity contribution in [2.75, 3.05) is 0 Å². The van der Waals surface area contributed by atoms with Crippen molar-refractivity contribution in [3.05, 3.63) is 0 Å². The summed E-state index contributed by atoms with van der Waals surface area (Å²) < 4.78 is 4.26. The number of unbranched alkanes of at least 4 members (excludes halogenated alkanes) is 3. The van der Waals surface area contributed by atoms with Gasteiger partial charge < -0.3 is 0 Å². The molecule has 0 saturated heterocycles. The monoisotopic (exact) mass is 349 g/mol. The van der Waals surface area contributed by atoms with E-state index < -0.39 is 24.3 Å². The third-order valence-electron chi connectivity index (χ3n) is 3.70. The van der Waals surface area contributed by atoms with Gasteiger partial charge in [0.05, 0.1) is 0 Å². The van der Waals surface area contributed by atoms with E-state index in [1.807, 2.05) is 0 Å². The number of carbonyl (C=O) groups excluding carboxylic acids is 1. The van der Waals surface area contributed by atoms with Crippen LogP contribution in [0.15, 0.2) is 0 Å². The van der Waals surface area contributed by atoms with E-state index in [4.69, 9.17) is 0 Å². The second-order valence-electron chi connectivity index (χ2n) is 5.36. The molecule has 0 fully saturated rings. The molecule has 17 heavy (non-hydrogen) atoms. The van der Waals surface area contributed by atoms with Crippen LogP contribution in [0.5, 0.6) is 0 Å². The molecule has 0 heterocycles. The van der Waals surface area contributed by atoms with E-state index in [2.05, 4.69) is 20.8 Å². The van der Waals surface area contributed by atoms with E-state index in [1.165, 1.54) is 51.8 Å². The first-order chi connectivity index (χ1) is 8.10. The topological polar surface area (TPSA) is 40.1 Å². The first-order valence-corrected chi connectivity index (χ1v) is 15.4. The summed E-state index contributed by atoms with van der Waals surface area (Å²) >= 11 is -2.40. The SMILES string of the molecule is CCC[CH2][Sn]([CH2]CCC)([CH2]CCC)[CH2]C(=O)[O-]. The Morgan fingerprint density at radius 1 is 0.882 bits per heavy atom. The molecule has 0 amide bonds. The van der Waals surface area contributed by atoms with Crippen molar-refractivity contribution in [1.29, 1.82) is 0 Å². The number of rotatable bonds is 11. The minimum absolute atomic E-state index is 0.467. The Bertz CT molecular complexity index is 183. The second-order valence-corrected chi connectivity index (χ2v) is 19.2. The van der Waals surface area contributed by atoms with E-state index in [-0.39, 0.29) is 0 Å². The molecule has 0 unspecified atom stereocenters. The van der Waals surface area contributed by atoms with Gasteiger partial charge in [0.1, 0.15) is 0 Å². The van der Waals surface area contributed by atoms with Crippen LogP contribution in [0.25, 0.3) is 0 Å². The van der Waals surface area contributed by atoms with Crippen molar-refractivity contribution in [3.8, 4) is 0 Å². The fraction of sp³-hybridized carbons (Fsp3) is 0.929. The van der Waals surface area contributed by atoms with Crippen molar-refractivity contribution < 1.29 is 9.90 Å². The third-order valence-corrected chi connectivity index (χ3v) is 18.8. The average Bonchev–Trinajstić information content (AvgIpc) is 2.30. The van der Waals surface area contributed by atoms with Gasteiger partial charge in [0.25, 0.3) is 0 Å². The van der Waals surface area contributed by atoms with Gasteiger partial charge in [-0.05, 0) is 0 Å². The van der Waals surface area contributed by atoms with Crippen LogP contribution in [-0.4, -0.2) is 24.3 Å². The Labute approximate surface area is 111 Å². The summed E-state index contributed by atoms with van der Waals surface area (Å²) in [6, 6.07) is 0. The quantitative estimate of drug-likeness (QED) is 0.536. The van der Waals surface area contributed by atoms with Crippen molar-refractivity contribution >= 4 is 24.3 Å². The normalized spacial score (nSPS) is 11.7. The minimum atomic E-state index is -2.40. The summed E-state index contributed by atoms with van der Waals surface area (Å²) in [4.78, 5) is 11.0. The van der Waals surface area contributed by atoms with Crippen molar-refractivity contribution in [2.45, 2.75) is 77.0 Å². The maximum absolute atomic E-state index is 11.0. The molecule has 0 aliphatic carbocycles. The van der Waals surface area contributed by atoms with Crippen LogP contribution < -0.4 is 5.11 Å². The summed E-state index contributed by atoms with van der Waals surface area (Å²) in [5.74, 6) is -0.774. The molecule has 0 N–H and O–H groups in total. The fourth-order valence-electron chi connectivity index (χ4n) is 2.60. The van der Waals surface area contributed by atoms with Crippen molar-refractivity contribution in [1.82, 2.24) is 0 Å². The van der Waals surface area contributed by atoms with Gasteiger partial charge in [-0.2, -0.15) is 0 Å². The molecule has 0 saturated carbocycles. The van der Waals surface area contributed by atoms with E-state index in [1.54, 1.807) is 0 Å². The molecule has 0 aromatic carbocycles. The molecular weight excluding hydrogens is 319 g/mol. The van der Waals surface area contributed by atoms with Gasteiger partial charge in [-0.25, -0.2) is 0 Å². The van der Waals surface area contributed by atoms with Crippen LogP contribution in [0, 0.1) is 0 Å². The molecule has 0 radical (unpaired) electrons. The predicted molar refractivity (Wildman–Crippen MR) is 74.7 cm³/mol. The Morgan fingerprint density at radius 2 is 1.24 bits per heavy atom. The van der Waals surface area contributed by atoms with E-state index in [0.717, 1.165) is 0 Å². The standard InChI is InChI=1S/3C4H9.C2H3O2.Sn/c3*1-3-4-2;1-2(3)4;/h3*1,3-4H2,2H3;1H2,(H,3,4);/p-1. The van der Waals surface area contributed by atoms with Crippen LogP contribution in [-0.2, 0) is 4.79 Å². The molecule has 0 bridgehead atoms. The van der Waals surface area contributed by atoms with Gasteiger partial charge in [0.2, 0.25) is 0 Å². The number of hydrogen-bond acceptors (Lipinski definition) is 2. The van der Waals surface area contributed by atoms with E-state index in [0.29, 0.717) is 4.44 Å². The van der Waals surface area contributed by atoms with Gasteiger partial charge in [0.15, 0.2) is 0 Å². The molecule has 0 aromatic rings. The Kier molecular flexibility index (Phi) is 10.4. The summed E-state index contributed by atoms with van der Waals surface area (Å²) in [6.45, 7) is 6.61. The van der Waals surface area contributed by atoms with Gasteiger partial charge >= 0.3 is 111 Å². The second kappa shape index (κ2) is 10.2. The van der Waals surface area contributed by atoms with Gasteiger partial charge in [-0.3, -0.25) is 0 Å². The molecular formula is C14H29O2Sn-. The summed E-state index contributed by atoms with van der Waals surface area (Å²) in [6.07, 6.45) is 7.29. The number of hydrogen-bond donors (Lipinski definition) is 0. The van der Waals surface area contributed by atoms with Crippen molar-refractivity contribution in [3.63, 3.8) is 0 Å². The summed E-state index contributed by atoms with van der Waals surface area (Å²) in [7, 11) is 0. The van der Waals surface area contributed by atoms with E-state index in [9.17, 15) is 9.90 Å². The van der Waals surface area contributed by atoms with Gasteiger partial charge in [-0.1, -0.05) is 0 Å². The van der Waals surface area contributed by atoms with Gasteiger partial charge in [0, 0.05) is 0 Å².